The third-order valence-electron chi connectivity index (χ3n) is 5.48. The third-order valence-corrected chi connectivity index (χ3v) is 5.48. The minimum absolute atomic E-state index is 0.0804. The van der Waals surface area contributed by atoms with Crippen molar-refractivity contribution in [3.8, 4) is 0 Å². The number of rotatable bonds is 4. The van der Waals surface area contributed by atoms with E-state index in [4.69, 9.17) is 5.11 Å². The molecule has 1 saturated heterocycles. The number of amides is 3. The number of aliphatic carboxylic acids is 1. The number of carboxylic acids is 1. The van der Waals surface area contributed by atoms with E-state index in [1.54, 1.807) is 23.1 Å². The number of carbonyl (C=O) groups is 3. The van der Waals surface area contributed by atoms with Crippen molar-refractivity contribution in [1.29, 1.82) is 0 Å². The van der Waals surface area contributed by atoms with Gasteiger partial charge in [0.1, 0.15) is 0 Å². The SMILES string of the molecule is Cc1cc(C(=O)NC2CCCC2)ccc1NC(=O)N1CCCC(C(=O)O)C1. The van der Waals surface area contributed by atoms with Gasteiger partial charge in [-0.25, -0.2) is 4.79 Å². The van der Waals surface area contributed by atoms with Crippen molar-refractivity contribution in [2.45, 2.75) is 51.5 Å². The number of likely N-dealkylation sites (tertiary alicyclic amines) is 1. The predicted molar refractivity (Wildman–Crippen MR) is 102 cm³/mol. The number of hydrogen-bond donors (Lipinski definition) is 3. The quantitative estimate of drug-likeness (QED) is 0.755. The Balaban J connectivity index is 1.60. The van der Waals surface area contributed by atoms with Gasteiger partial charge in [0.25, 0.3) is 5.91 Å². The van der Waals surface area contributed by atoms with Gasteiger partial charge >= 0.3 is 12.0 Å². The molecule has 27 heavy (non-hydrogen) atoms. The Morgan fingerprint density at radius 1 is 1.11 bits per heavy atom. The van der Waals surface area contributed by atoms with E-state index in [0.717, 1.165) is 31.2 Å². The highest BCUT2D eigenvalue weighted by Gasteiger charge is 2.28. The van der Waals surface area contributed by atoms with E-state index in [2.05, 4.69) is 10.6 Å². The lowest BCUT2D eigenvalue weighted by Crippen LogP contribution is -2.44. The molecule has 1 aliphatic carbocycles. The summed E-state index contributed by atoms with van der Waals surface area (Å²) in [6.45, 7) is 2.62. The van der Waals surface area contributed by atoms with Gasteiger partial charge in [0, 0.05) is 30.4 Å². The van der Waals surface area contributed by atoms with Gasteiger partial charge < -0.3 is 20.6 Å². The predicted octanol–water partition coefficient (Wildman–Crippen LogP) is 3.00. The molecule has 3 rings (SSSR count). The summed E-state index contributed by atoms with van der Waals surface area (Å²) in [6, 6.07) is 5.18. The first-order valence-corrected chi connectivity index (χ1v) is 9.64. The van der Waals surface area contributed by atoms with Crippen LogP contribution in [-0.4, -0.2) is 47.0 Å². The summed E-state index contributed by atoms with van der Waals surface area (Å²) in [5.74, 6) is -1.45. The normalized spacial score (nSPS) is 20.3. The number of carboxylic acid groups (broad SMARTS) is 1. The molecule has 2 fully saturated rings. The lowest BCUT2D eigenvalue weighted by molar-refractivity contribution is -0.143. The number of hydrogen-bond acceptors (Lipinski definition) is 3. The minimum Gasteiger partial charge on any atom is -0.481 e. The summed E-state index contributed by atoms with van der Waals surface area (Å²) >= 11 is 0. The van der Waals surface area contributed by atoms with Gasteiger partial charge in [-0.15, -0.1) is 0 Å². The fourth-order valence-corrected chi connectivity index (χ4v) is 3.84. The topological polar surface area (TPSA) is 98.7 Å². The van der Waals surface area contributed by atoms with Crippen molar-refractivity contribution >= 4 is 23.6 Å². The van der Waals surface area contributed by atoms with Crippen LogP contribution in [0.5, 0.6) is 0 Å². The maximum atomic E-state index is 12.5. The summed E-state index contributed by atoms with van der Waals surface area (Å²) in [5, 5.41) is 15.1. The molecule has 1 heterocycles. The Hall–Kier alpha value is -2.57. The van der Waals surface area contributed by atoms with Crippen molar-refractivity contribution in [2.75, 3.05) is 18.4 Å². The third kappa shape index (κ3) is 4.78. The number of aryl methyl sites for hydroxylation is 1. The van der Waals surface area contributed by atoms with Gasteiger partial charge in [-0.3, -0.25) is 9.59 Å². The van der Waals surface area contributed by atoms with E-state index in [0.29, 0.717) is 30.6 Å². The van der Waals surface area contributed by atoms with Crippen LogP contribution in [-0.2, 0) is 4.79 Å². The highest BCUT2D eigenvalue weighted by molar-refractivity contribution is 5.96. The van der Waals surface area contributed by atoms with Gasteiger partial charge in [0.05, 0.1) is 5.92 Å². The molecular formula is C20H27N3O4. The van der Waals surface area contributed by atoms with Gasteiger partial charge in [-0.1, -0.05) is 12.8 Å². The van der Waals surface area contributed by atoms with Crippen LogP contribution >= 0.6 is 0 Å². The highest BCUT2D eigenvalue weighted by atomic mass is 16.4. The van der Waals surface area contributed by atoms with Crippen LogP contribution in [0, 0.1) is 12.8 Å². The number of benzene rings is 1. The Morgan fingerprint density at radius 2 is 1.85 bits per heavy atom. The standard InChI is InChI=1S/C20H27N3O4/c1-13-11-14(18(24)21-16-6-2-3-7-16)8-9-17(13)22-20(27)23-10-4-5-15(12-23)19(25)26/h8-9,11,15-16H,2-7,10,12H2,1H3,(H,21,24)(H,22,27)(H,25,26). The second-order valence-corrected chi connectivity index (χ2v) is 7.54. The average molecular weight is 373 g/mol. The molecule has 0 bridgehead atoms. The maximum absolute atomic E-state index is 12.5. The van der Waals surface area contributed by atoms with E-state index in [1.807, 2.05) is 6.92 Å². The Bertz CT molecular complexity index is 728. The van der Waals surface area contributed by atoms with Crippen molar-refractivity contribution < 1.29 is 19.5 Å². The number of carbonyl (C=O) groups excluding carboxylic acids is 2. The molecule has 3 amide bonds. The first-order valence-electron chi connectivity index (χ1n) is 9.64. The monoisotopic (exact) mass is 373 g/mol. The summed E-state index contributed by atoms with van der Waals surface area (Å²) in [4.78, 5) is 37.6. The van der Waals surface area contributed by atoms with Gasteiger partial charge in [0.2, 0.25) is 0 Å². The lowest BCUT2D eigenvalue weighted by Gasteiger charge is -2.30. The molecule has 0 spiro atoms. The fourth-order valence-electron chi connectivity index (χ4n) is 3.84. The molecule has 1 saturated carbocycles. The van der Waals surface area contributed by atoms with Crippen molar-refractivity contribution in [3.63, 3.8) is 0 Å². The van der Waals surface area contributed by atoms with Gasteiger partial charge in [-0.05, 0) is 56.4 Å². The number of urea groups is 1. The molecule has 2 aliphatic rings. The summed E-state index contributed by atoms with van der Waals surface area (Å²) in [6.07, 6.45) is 5.67. The Labute approximate surface area is 159 Å². The molecule has 1 unspecified atom stereocenters. The second kappa shape index (κ2) is 8.41. The van der Waals surface area contributed by atoms with E-state index < -0.39 is 11.9 Å². The number of nitrogens with zero attached hydrogens (tertiary/aromatic N) is 1. The molecule has 0 radical (unpaired) electrons. The summed E-state index contributed by atoms with van der Waals surface area (Å²) in [5.41, 5.74) is 2.02. The number of piperidine rings is 1. The van der Waals surface area contributed by atoms with E-state index >= 15 is 0 Å². The van der Waals surface area contributed by atoms with E-state index in [9.17, 15) is 14.4 Å². The fraction of sp³-hybridized carbons (Fsp3) is 0.550. The molecule has 7 nitrogen and oxygen atoms in total. The average Bonchev–Trinajstić information content (AvgIpc) is 3.16. The van der Waals surface area contributed by atoms with Crippen LogP contribution in [0.4, 0.5) is 10.5 Å². The second-order valence-electron chi connectivity index (χ2n) is 7.54. The van der Waals surface area contributed by atoms with Crippen LogP contribution in [0.2, 0.25) is 0 Å². The largest absolute Gasteiger partial charge is 0.481 e. The van der Waals surface area contributed by atoms with Crippen LogP contribution in [0.1, 0.15) is 54.4 Å². The zero-order valence-corrected chi connectivity index (χ0v) is 15.7. The first kappa shape index (κ1) is 19.2. The molecule has 146 valence electrons. The summed E-state index contributed by atoms with van der Waals surface area (Å²) < 4.78 is 0. The Morgan fingerprint density at radius 3 is 2.52 bits per heavy atom. The van der Waals surface area contributed by atoms with Crippen LogP contribution < -0.4 is 10.6 Å². The molecular weight excluding hydrogens is 346 g/mol. The molecule has 1 aliphatic heterocycles. The molecule has 1 atom stereocenters. The van der Waals surface area contributed by atoms with Crippen LogP contribution in [0.25, 0.3) is 0 Å². The highest BCUT2D eigenvalue weighted by Crippen LogP contribution is 2.22. The summed E-state index contributed by atoms with van der Waals surface area (Å²) in [7, 11) is 0. The minimum atomic E-state index is -0.860. The van der Waals surface area contributed by atoms with Crippen molar-refractivity contribution in [2.24, 2.45) is 5.92 Å². The molecule has 7 heteroatoms. The molecule has 3 N–H and O–H groups in total. The zero-order chi connectivity index (χ0) is 19.4. The molecule has 1 aromatic rings. The van der Waals surface area contributed by atoms with Crippen LogP contribution in [0.15, 0.2) is 18.2 Å². The van der Waals surface area contributed by atoms with E-state index in [1.165, 1.54) is 0 Å². The van der Waals surface area contributed by atoms with Crippen molar-refractivity contribution in [1.82, 2.24) is 10.2 Å². The molecule has 1 aromatic carbocycles. The van der Waals surface area contributed by atoms with Gasteiger partial charge in [0.15, 0.2) is 0 Å². The smallest absolute Gasteiger partial charge is 0.321 e. The first-order chi connectivity index (χ1) is 12.9. The van der Waals surface area contributed by atoms with E-state index in [-0.39, 0.29) is 24.5 Å². The van der Waals surface area contributed by atoms with Crippen molar-refractivity contribution in [3.05, 3.63) is 29.3 Å². The van der Waals surface area contributed by atoms with Crippen LogP contribution in [0.3, 0.4) is 0 Å². The number of anilines is 1. The lowest BCUT2D eigenvalue weighted by atomic mass is 9.99. The maximum Gasteiger partial charge on any atom is 0.321 e. The number of nitrogens with one attached hydrogen (secondary N) is 2. The molecule has 0 aromatic heterocycles. The zero-order valence-electron chi connectivity index (χ0n) is 15.7. The van der Waals surface area contributed by atoms with Gasteiger partial charge in [-0.2, -0.15) is 0 Å². The Kier molecular flexibility index (Phi) is 5.98.